The van der Waals surface area contributed by atoms with Gasteiger partial charge in [-0.25, -0.2) is 0 Å². The van der Waals surface area contributed by atoms with Crippen molar-refractivity contribution in [3.63, 3.8) is 0 Å². The Bertz CT molecular complexity index is 303. The zero-order valence-corrected chi connectivity index (χ0v) is 11.9. The molecule has 0 aliphatic heterocycles. The highest BCUT2D eigenvalue weighted by Crippen LogP contribution is 1.84. The van der Waals surface area contributed by atoms with Crippen molar-refractivity contribution in [1.82, 2.24) is 20.9 Å². The molecule has 0 aromatic carbocycles. The minimum Gasteiger partial charge on any atom is -0.355 e. The molecule has 7 nitrogen and oxygen atoms in total. The van der Waals surface area contributed by atoms with E-state index in [0.29, 0.717) is 13.1 Å². The van der Waals surface area contributed by atoms with Crippen LogP contribution in [0, 0.1) is 0 Å². The highest BCUT2D eigenvalue weighted by atomic mass is 16.2. The molecule has 0 saturated heterocycles. The summed E-state index contributed by atoms with van der Waals surface area (Å²) in [5.74, 6) is -1.49. The third-order valence-corrected chi connectivity index (χ3v) is 2.60. The van der Waals surface area contributed by atoms with E-state index < -0.39 is 11.8 Å². The SMILES string of the molecule is CCN(CC)CCNC(=O)C(=O)NCCNC(C)=O. The van der Waals surface area contributed by atoms with Crippen LogP contribution in [0.25, 0.3) is 0 Å². The van der Waals surface area contributed by atoms with E-state index in [4.69, 9.17) is 0 Å². The zero-order chi connectivity index (χ0) is 14.7. The lowest BCUT2D eigenvalue weighted by Gasteiger charge is -2.17. The van der Waals surface area contributed by atoms with Gasteiger partial charge in [0.1, 0.15) is 0 Å². The highest BCUT2D eigenvalue weighted by Gasteiger charge is 2.12. The lowest BCUT2D eigenvalue weighted by Crippen LogP contribution is -2.44. The Morgan fingerprint density at radius 2 is 1.32 bits per heavy atom. The van der Waals surface area contributed by atoms with Crippen molar-refractivity contribution in [3.05, 3.63) is 0 Å². The summed E-state index contributed by atoms with van der Waals surface area (Å²) in [6.07, 6.45) is 0. The maximum atomic E-state index is 11.4. The minimum absolute atomic E-state index is 0.169. The number of nitrogens with zero attached hydrogens (tertiary/aromatic N) is 1. The topological polar surface area (TPSA) is 90.5 Å². The normalized spacial score (nSPS) is 10.1. The quantitative estimate of drug-likeness (QED) is 0.378. The second-order valence-corrected chi connectivity index (χ2v) is 4.02. The Hall–Kier alpha value is -1.63. The van der Waals surface area contributed by atoms with Crippen molar-refractivity contribution in [2.75, 3.05) is 39.3 Å². The van der Waals surface area contributed by atoms with Gasteiger partial charge in [-0.3, -0.25) is 14.4 Å². The van der Waals surface area contributed by atoms with Crippen LogP contribution >= 0.6 is 0 Å². The van der Waals surface area contributed by atoms with Crippen LogP contribution in [-0.2, 0) is 14.4 Å². The van der Waals surface area contributed by atoms with E-state index in [1.54, 1.807) is 0 Å². The van der Waals surface area contributed by atoms with Gasteiger partial charge in [-0.15, -0.1) is 0 Å². The molecule has 0 atom stereocenters. The fourth-order valence-electron chi connectivity index (χ4n) is 1.44. The maximum absolute atomic E-state index is 11.4. The second-order valence-electron chi connectivity index (χ2n) is 4.02. The summed E-state index contributed by atoms with van der Waals surface area (Å²) < 4.78 is 0. The highest BCUT2D eigenvalue weighted by molar-refractivity contribution is 6.35. The average Bonchev–Trinajstić information content (AvgIpc) is 2.39. The first-order chi connectivity index (χ1) is 9.01. The summed E-state index contributed by atoms with van der Waals surface area (Å²) in [5.41, 5.74) is 0. The third-order valence-electron chi connectivity index (χ3n) is 2.60. The number of nitrogens with one attached hydrogen (secondary N) is 3. The fraction of sp³-hybridized carbons (Fsp3) is 0.750. The smallest absolute Gasteiger partial charge is 0.309 e. The van der Waals surface area contributed by atoms with Crippen LogP contribution in [-0.4, -0.2) is 61.9 Å². The molecular formula is C12H24N4O3. The van der Waals surface area contributed by atoms with Crippen LogP contribution in [0.15, 0.2) is 0 Å². The van der Waals surface area contributed by atoms with Crippen molar-refractivity contribution in [2.45, 2.75) is 20.8 Å². The van der Waals surface area contributed by atoms with Gasteiger partial charge in [0, 0.05) is 33.1 Å². The van der Waals surface area contributed by atoms with Gasteiger partial charge in [0.2, 0.25) is 5.91 Å². The van der Waals surface area contributed by atoms with Crippen molar-refractivity contribution in [2.24, 2.45) is 0 Å². The van der Waals surface area contributed by atoms with Gasteiger partial charge in [-0.1, -0.05) is 13.8 Å². The first-order valence-corrected chi connectivity index (χ1v) is 6.54. The Balaban J connectivity index is 3.70. The molecule has 7 heteroatoms. The summed E-state index contributed by atoms with van der Waals surface area (Å²) >= 11 is 0. The van der Waals surface area contributed by atoms with Crippen LogP contribution in [0.5, 0.6) is 0 Å². The molecule has 0 fully saturated rings. The predicted octanol–water partition coefficient (Wildman–Crippen LogP) is -1.30. The van der Waals surface area contributed by atoms with E-state index >= 15 is 0 Å². The first kappa shape index (κ1) is 17.4. The number of amides is 3. The predicted molar refractivity (Wildman–Crippen MR) is 72.5 cm³/mol. The van der Waals surface area contributed by atoms with Crippen molar-refractivity contribution in [1.29, 1.82) is 0 Å². The monoisotopic (exact) mass is 272 g/mol. The lowest BCUT2D eigenvalue weighted by atomic mass is 10.4. The van der Waals surface area contributed by atoms with Gasteiger partial charge in [-0.2, -0.15) is 0 Å². The Labute approximate surface area is 114 Å². The number of carbonyl (C=O) groups excluding carboxylic acids is 3. The van der Waals surface area contributed by atoms with Crippen LogP contribution in [0.2, 0.25) is 0 Å². The number of hydrogen-bond donors (Lipinski definition) is 3. The molecule has 0 heterocycles. The van der Waals surface area contributed by atoms with E-state index in [1.165, 1.54) is 6.92 Å². The lowest BCUT2D eigenvalue weighted by molar-refractivity contribution is -0.139. The molecule has 0 spiro atoms. The maximum Gasteiger partial charge on any atom is 0.309 e. The van der Waals surface area contributed by atoms with Crippen molar-refractivity contribution in [3.8, 4) is 0 Å². The Morgan fingerprint density at radius 3 is 1.79 bits per heavy atom. The molecule has 0 rings (SSSR count). The van der Waals surface area contributed by atoms with Crippen LogP contribution in [0.4, 0.5) is 0 Å². The standard InChI is InChI=1S/C12H24N4O3/c1-4-16(5-2)9-8-15-12(19)11(18)14-7-6-13-10(3)17/h4-9H2,1-3H3,(H,13,17)(H,14,18)(H,15,19). The van der Waals surface area contributed by atoms with Crippen LogP contribution in [0.1, 0.15) is 20.8 Å². The Morgan fingerprint density at radius 1 is 0.842 bits per heavy atom. The average molecular weight is 272 g/mol. The van der Waals surface area contributed by atoms with E-state index in [2.05, 4.69) is 20.9 Å². The molecule has 0 radical (unpaired) electrons. The number of carbonyl (C=O) groups is 3. The minimum atomic E-state index is -0.676. The fourth-order valence-corrected chi connectivity index (χ4v) is 1.44. The zero-order valence-electron chi connectivity index (χ0n) is 11.9. The van der Waals surface area contributed by atoms with Crippen LogP contribution in [0.3, 0.4) is 0 Å². The molecule has 19 heavy (non-hydrogen) atoms. The van der Waals surface area contributed by atoms with Gasteiger partial charge >= 0.3 is 11.8 Å². The van der Waals surface area contributed by atoms with Gasteiger partial charge in [0.15, 0.2) is 0 Å². The summed E-state index contributed by atoms with van der Waals surface area (Å²) in [6, 6.07) is 0. The summed E-state index contributed by atoms with van der Waals surface area (Å²) in [7, 11) is 0. The van der Waals surface area contributed by atoms with Crippen molar-refractivity contribution >= 4 is 17.7 Å². The first-order valence-electron chi connectivity index (χ1n) is 6.54. The largest absolute Gasteiger partial charge is 0.355 e. The molecule has 0 bridgehead atoms. The van der Waals surface area contributed by atoms with E-state index in [-0.39, 0.29) is 12.5 Å². The van der Waals surface area contributed by atoms with E-state index in [0.717, 1.165) is 19.6 Å². The molecule has 0 saturated carbocycles. The second kappa shape index (κ2) is 10.3. The third kappa shape index (κ3) is 9.01. The van der Waals surface area contributed by atoms with Gasteiger partial charge in [-0.05, 0) is 13.1 Å². The van der Waals surface area contributed by atoms with E-state index in [1.807, 2.05) is 13.8 Å². The molecular weight excluding hydrogens is 248 g/mol. The number of rotatable bonds is 8. The molecule has 3 N–H and O–H groups in total. The van der Waals surface area contributed by atoms with Crippen molar-refractivity contribution < 1.29 is 14.4 Å². The molecule has 0 aromatic heterocycles. The molecule has 110 valence electrons. The van der Waals surface area contributed by atoms with Gasteiger partial charge in [0.05, 0.1) is 0 Å². The Kier molecular flexibility index (Phi) is 9.42. The molecule has 0 unspecified atom stereocenters. The molecule has 0 aliphatic rings. The number of hydrogen-bond acceptors (Lipinski definition) is 4. The molecule has 0 aromatic rings. The summed E-state index contributed by atoms with van der Waals surface area (Å²) in [6.45, 7) is 9.01. The number of likely N-dealkylation sites (N-methyl/N-ethyl adjacent to an activating group) is 1. The van der Waals surface area contributed by atoms with E-state index in [9.17, 15) is 14.4 Å². The summed E-state index contributed by atoms with van der Waals surface area (Å²) in [4.78, 5) is 35.5. The van der Waals surface area contributed by atoms with Gasteiger partial charge < -0.3 is 20.9 Å². The van der Waals surface area contributed by atoms with Gasteiger partial charge in [0.25, 0.3) is 0 Å². The molecule has 3 amide bonds. The summed E-state index contributed by atoms with van der Waals surface area (Å²) in [5, 5.41) is 7.50. The van der Waals surface area contributed by atoms with Crippen LogP contribution < -0.4 is 16.0 Å². The molecule has 0 aliphatic carbocycles.